The first-order valence-corrected chi connectivity index (χ1v) is 10.1. The van der Waals surface area contributed by atoms with Gasteiger partial charge in [0.25, 0.3) is 5.56 Å². The molecular weight excluding hydrogens is 378 g/mol. The van der Waals surface area contributed by atoms with E-state index in [-0.39, 0.29) is 23.9 Å². The van der Waals surface area contributed by atoms with Crippen LogP contribution in [-0.2, 0) is 27.2 Å². The molecule has 148 valence electrons. The van der Waals surface area contributed by atoms with Crippen molar-refractivity contribution in [2.45, 2.75) is 49.1 Å². The molecule has 0 fully saturated rings. The van der Waals surface area contributed by atoms with Gasteiger partial charge in [-0.2, -0.15) is 0 Å². The van der Waals surface area contributed by atoms with Gasteiger partial charge in [-0.05, 0) is 37.3 Å². The molecule has 2 aromatic rings. The van der Waals surface area contributed by atoms with Crippen LogP contribution in [0.2, 0.25) is 0 Å². The van der Waals surface area contributed by atoms with Crippen molar-refractivity contribution in [1.82, 2.24) is 15.3 Å². The van der Waals surface area contributed by atoms with E-state index in [0.29, 0.717) is 10.9 Å². The number of carbonyl (C=O) groups excluding carboxylic acids is 2. The minimum atomic E-state index is -0.476. The van der Waals surface area contributed by atoms with E-state index in [4.69, 9.17) is 0 Å². The van der Waals surface area contributed by atoms with Crippen LogP contribution in [0.4, 0.5) is 0 Å². The Morgan fingerprint density at radius 3 is 2.96 bits per heavy atom. The quantitative estimate of drug-likeness (QED) is 0.437. The number of H-pyrrole nitrogens is 1. The highest BCUT2D eigenvalue weighted by atomic mass is 32.2. The van der Waals surface area contributed by atoms with E-state index in [1.54, 1.807) is 6.92 Å². The van der Waals surface area contributed by atoms with Gasteiger partial charge in [-0.15, -0.1) is 0 Å². The zero-order valence-corrected chi connectivity index (χ0v) is 16.7. The molecule has 1 amide bonds. The number of thioether (sulfide) groups is 1. The fourth-order valence-corrected chi connectivity index (χ4v) is 4.10. The summed E-state index contributed by atoms with van der Waals surface area (Å²) in [5, 5.41) is 2.96. The third kappa shape index (κ3) is 5.01. The van der Waals surface area contributed by atoms with Crippen LogP contribution in [0.3, 0.4) is 0 Å². The van der Waals surface area contributed by atoms with Crippen molar-refractivity contribution in [2.24, 2.45) is 0 Å². The third-order valence-corrected chi connectivity index (χ3v) is 5.65. The molecule has 1 aliphatic carbocycles. The van der Waals surface area contributed by atoms with Crippen LogP contribution in [0, 0.1) is 0 Å². The Labute approximate surface area is 167 Å². The number of nitrogens with zero attached hydrogens (tertiary/aromatic N) is 1. The van der Waals surface area contributed by atoms with Gasteiger partial charge >= 0.3 is 5.97 Å². The summed E-state index contributed by atoms with van der Waals surface area (Å²) in [7, 11) is 1.28. The minimum absolute atomic E-state index is 0.00170. The Morgan fingerprint density at radius 2 is 2.18 bits per heavy atom. The lowest BCUT2D eigenvalue weighted by Gasteiger charge is -2.27. The molecule has 1 heterocycles. The molecule has 0 radical (unpaired) electrons. The maximum absolute atomic E-state index is 12.7. The summed E-state index contributed by atoms with van der Waals surface area (Å²) in [6, 6.07) is 9.43. The predicted molar refractivity (Wildman–Crippen MR) is 106 cm³/mol. The van der Waals surface area contributed by atoms with E-state index in [0.717, 1.165) is 31.0 Å². The van der Waals surface area contributed by atoms with Crippen LogP contribution < -0.4 is 10.9 Å². The summed E-state index contributed by atoms with van der Waals surface area (Å²) in [4.78, 5) is 42.8. The van der Waals surface area contributed by atoms with Crippen molar-refractivity contribution in [1.29, 1.82) is 0 Å². The first-order valence-electron chi connectivity index (χ1n) is 9.18. The summed E-state index contributed by atoms with van der Waals surface area (Å²) < 4.78 is 4.60. The number of aryl methyl sites for hydroxylation is 1. The average molecular weight is 401 g/mol. The van der Waals surface area contributed by atoms with Gasteiger partial charge < -0.3 is 15.0 Å². The Balaban J connectivity index is 1.67. The lowest BCUT2D eigenvalue weighted by molar-refractivity contribution is -0.139. The number of benzene rings is 1. The maximum Gasteiger partial charge on any atom is 0.311 e. The molecule has 3 rings (SSSR count). The van der Waals surface area contributed by atoms with Gasteiger partial charge in [-0.1, -0.05) is 36.0 Å². The number of amides is 1. The summed E-state index contributed by atoms with van der Waals surface area (Å²) >= 11 is 1.15. The molecule has 1 aromatic heterocycles. The number of carbonyl (C=O) groups is 2. The van der Waals surface area contributed by atoms with Crippen molar-refractivity contribution in [3.05, 3.63) is 57.5 Å². The zero-order chi connectivity index (χ0) is 20.1. The number of ether oxygens (including phenoxy) is 1. The molecule has 1 aliphatic rings. The largest absolute Gasteiger partial charge is 0.469 e. The number of rotatable bonds is 6. The summed E-state index contributed by atoms with van der Waals surface area (Å²) in [5.41, 5.74) is 2.39. The van der Waals surface area contributed by atoms with Gasteiger partial charge in [0.05, 0.1) is 30.5 Å². The number of hydrogen-bond donors (Lipinski definition) is 2. The molecule has 0 aliphatic heterocycles. The van der Waals surface area contributed by atoms with Crippen molar-refractivity contribution in [3.8, 4) is 0 Å². The number of aromatic nitrogens is 2. The van der Waals surface area contributed by atoms with Crippen molar-refractivity contribution in [3.63, 3.8) is 0 Å². The van der Waals surface area contributed by atoms with Gasteiger partial charge in [0, 0.05) is 6.07 Å². The number of nitrogens with one attached hydrogen (secondary N) is 2. The molecule has 0 unspecified atom stereocenters. The number of fused-ring (bicyclic) bond motifs is 1. The van der Waals surface area contributed by atoms with E-state index < -0.39 is 11.2 Å². The molecular formula is C20H23N3O4S. The van der Waals surface area contributed by atoms with E-state index >= 15 is 0 Å². The highest BCUT2D eigenvalue weighted by Gasteiger charge is 2.24. The topological polar surface area (TPSA) is 101 Å². The first-order chi connectivity index (χ1) is 13.5. The molecule has 0 saturated heterocycles. The fraction of sp³-hybridized carbons (Fsp3) is 0.400. The Morgan fingerprint density at radius 1 is 1.39 bits per heavy atom. The van der Waals surface area contributed by atoms with E-state index in [2.05, 4.69) is 32.2 Å². The second kappa shape index (κ2) is 9.05. The van der Waals surface area contributed by atoms with E-state index in [9.17, 15) is 14.4 Å². The molecule has 2 atom stereocenters. The van der Waals surface area contributed by atoms with Crippen LogP contribution in [-0.4, -0.2) is 34.2 Å². The minimum Gasteiger partial charge on any atom is -0.469 e. The van der Waals surface area contributed by atoms with Crippen LogP contribution in [0.5, 0.6) is 0 Å². The number of aromatic amines is 1. The van der Waals surface area contributed by atoms with Crippen LogP contribution >= 0.6 is 11.8 Å². The third-order valence-electron chi connectivity index (χ3n) is 4.67. The SMILES string of the molecule is COC(=O)Cc1cc(=O)[nH]c(S[C@H](C)C(=O)N[C@@H]2CCCc3ccccc32)n1. The highest BCUT2D eigenvalue weighted by molar-refractivity contribution is 8.00. The molecule has 7 nitrogen and oxygen atoms in total. The van der Waals surface area contributed by atoms with Crippen LogP contribution in [0.25, 0.3) is 0 Å². The standard InChI is InChI=1S/C20H23N3O4S/c1-12(28-20-21-14(10-17(24)23-20)11-18(25)27-2)19(26)22-16-9-5-7-13-6-3-4-8-15(13)16/h3-4,6,8,10,12,16H,5,7,9,11H2,1-2H3,(H,22,26)(H,21,23,24)/t12-,16-/m1/s1. The number of hydrogen-bond acceptors (Lipinski definition) is 6. The number of methoxy groups -OCH3 is 1. The van der Waals surface area contributed by atoms with Gasteiger partial charge in [-0.25, -0.2) is 4.98 Å². The maximum atomic E-state index is 12.7. The molecule has 0 spiro atoms. The van der Waals surface area contributed by atoms with Crippen molar-refractivity contribution < 1.29 is 14.3 Å². The molecule has 0 saturated carbocycles. The smallest absolute Gasteiger partial charge is 0.311 e. The summed E-state index contributed by atoms with van der Waals surface area (Å²) in [6.45, 7) is 1.77. The van der Waals surface area contributed by atoms with Crippen molar-refractivity contribution >= 4 is 23.6 Å². The average Bonchev–Trinajstić information content (AvgIpc) is 2.67. The lowest BCUT2D eigenvalue weighted by Crippen LogP contribution is -2.36. The van der Waals surface area contributed by atoms with Crippen LogP contribution in [0.15, 0.2) is 40.3 Å². The monoisotopic (exact) mass is 401 g/mol. The summed E-state index contributed by atoms with van der Waals surface area (Å²) in [5.74, 6) is -0.594. The Kier molecular flexibility index (Phi) is 6.51. The molecule has 28 heavy (non-hydrogen) atoms. The Bertz CT molecular complexity index is 928. The predicted octanol–water partition coefficient (Wildman–Crippen LogP) is 2.16. The molecule has 1 aromatic carbocycles. The Hall–Kier alpha value is -2.61. The van der Waals surface area contributed by atoms with Gasteiger partial charge in [-0.3, -0.25) is 14.4 Å². The lowest BCUT2D eigenvalue weighted by atomic mass is 9.88. The normalized spacial score (nSPS) is 16.7. The molecule has 2 N–H and O–H groups in total. The van der Waals surface area contributed by atoms with Gasteiger partial charge in [0.15, 0.2) is 5.16 Å². The molecule has 8 heteroatoms. The van der Waals surface area contributed by atoms with E-state index in [1.807, 2.05) is 12.1 Å². The first kappa shape index (κ1) is 20.1. The number of esters is 1. The highest BCUT2D eigenvalue weighted by Crippen LogP contribution is 2.30. The zero-order valence-electron chi connectivity index (χ0n) is 15.9. The molecule has 0 bridgehead atoms. The summed E-state index contributed by atoms with van der Waals surface area (Å²) in [6.07, 6.45) is 2.89. The van der Waals surface area contributed by atoms with Crippen LogP contribution in [0.1, 0.15) is 42.6 Å². The van der Waals surface area contributed by atoms with E-state index in [1.165, 1.54) is 24.3 Å². The fourth-order valence-electron chi connectivity index (χ4n) is 3.26. The van der Waals surface area contributed by atoms with Gasteiger partial charge in [0.2, 0.25) is 5.91 Å². The van der Waals surface area contributed by atoms with Gasteiger partial charge in [0.1, 0.15) is 0 Å². The van der Waals surface area contributed by atoms with Crippen molar-refractivity contribution in [2.75, 3.05) is 7.11 Å². The second-order valence-electron chi connectivity index (χ2n) is 6.71. The second-order valence-corrected chi connectivity index (χ2v) is 8.04.